The van der Waals surface area contributed by atoms with Crippen molar-refractivity contribution in [3.05, 3.63) is 12.4 Å². The molecule has 2 heterocycles. The summed E-state index contributed by atoms with van der Waals surface area (Å²) < 4.78 is 0. The van der Waals surface area contributed by atoms with Crippen LogP contribution in [-0.4, -0.2) is 34.5 Å². The number of aromatic nitrogens is 2. The molecule has 0 unspecified atom stereocenters. The third-order valence-electron chi connectivity index (χ3n) is 2.77. The number of hydrogen-bond acceptors (Lipinski definition) is 5. The Kier molecular flexibility index (Phi) is 2.41. The van der Waals surface area contributed by atoms with Gasteiger partial charge in [0.1, 0.15) is 17.2 Å². The Morgan fingerprint density at radius 2 is 2.25 bits per heavy atom. The molecule has 6 nitrogen and oxygen atoms in total. The molecule has 1 aliphatic heterocycles. The number of carbonyl (C=O) groups is 1. The molecule has 0 aromatic carbocycles. The molecule has 0 radical (unpaired) electrons. The van der Waals surface area contributed by atoms with Gasteiger partial charge in [-0.05, 0) is 13.8 Å². The van der Waals surface area contributed by atoms with Crippen molar-refractivity contribution in [2.24, 2.45) is 0 Å². The Morgan fingerprint density at radius 3 is 2.94 bits per heavy atom. The SMILES string of the molecule is CC1(C)C(=O)NCCN1c1cncc(N)n1. The number of nitrogens with two attached hydrogens (primary N) is 1. The average molecular weight is 221 g/mol. The lowest BCUT2D eigenvalue weighted by atomic mass is 9.99. The Balaban J connectivity index is 2.36. The van der Waals surface area contributed by atoms with Crippen molar-refractivity contribution < 1.29 is 4.79 Å². The van der Waals surface area contributed by atoms with E-state index < -0.39 is 5.54 Å². The maximum atomic E-state index is 11.8. The van der Waals surface area contributed by atoms with E-state index >= 15 is 0 Å². The molecule has 86 valence electrons. The van der Waals surface area contributed by atoms with Gasteiger partial charge in [-0.3, -0.25) is 9.78 Å². The van der Waals surface area contributed by atoms with Gasteiger partial charge in [0, 0.05) is 13.1 Å². The Hall–Kier alpha value is -1.85. The van der Waals surface area contributed by atoms with Crippen LogP contribution in [0.25, 0.3) is 0 Å². The number of amides is 1. The fraction of sp³-hybridized carbons (Fsp3) is 0.500. The molecule has 3 N–H and O–H groups in total. The Labute approximate surface area is 93.9 Å². The summed E-state index contributed by atoms with van der Waals surface area (Å²) in [5, 5.41) is 2.83. The zero-order valence-electron chi connectivity index (χ0n) is 9.40. The molecule has 0 atom stereocenters. The number of rotatable bonds is 1. The monoisotopic (exact) mass is 221 g/mol. The summed E-state index contributed by atoms with van der Waals surface area (Å²) in [7, 11) is 0. The largest absolute Gasteiger partial charge is 0.382 e. The molecule has 0 spiro atoms. The lowest BCUT2D eigenvalue weighted by molar-refractivity contribution is -0.126. The van der Waals surface area contributed by atoms with Gasteiger partial charge in [-0.1, -0.05) is 0 Å². The van der Waals surface area contributed by atoms with Crippen LogP contribution in [0.5, 0.6) is 0 Å². The van der Waals surface area contributed by atoms with E-state index in [2.05, 4.69) is 15.3 Å². The predicted molar refractivity (Wildman–Crippen MR) is 60.9 cm³/mol. The number of piperazine rings is 1. The molecule has 1 aromatic rings. The summed E-state index contributed by atoms with van der Waals surface area (Å²) in [6.45, 7) is 5.02. The first kappa shape index (κ1) is 10.7. The van der Waals surface area contributed by atoms with Crippen LogP contribution in [-0.2, 0) is 4.79 Å². The molecule has 1 aliphatic rings. The molecule has 0 bridgehead atoms. The summed E-state index contributed by atoms with van der Waals surface area (Å²) in [4.78, 5) is 21.8. The van der Waals surface area contributed by atoms with E-state index in [4.69, 9.17) is 5.73 Å². The van der Waals surface area contributed by atoms with Crippen LogP contribution in [0.1, 0.15) is 13.8 Å². The van der Waals surface area contributed by atoms with Gasteiger partial charge >= 0.3 is 0 Å². The first-order chi connectivity index (χ1) is 7.51. The third kappa shape index (κ3) is 1.66. The van der Waals surface area contributed by atoms with Crippen molar-refractivity contribution in [1.29, 1.82) is 0 Å². The molecule has 1 amide bonds. The second kappa shape index (κ2) is 3.62. The van der Waals surface area contributed by atoms with Gasteiger partial charge < -0.3 is 16.0 Å². The van der Waals surface area contributed by atoms with Crippen LogP contribution >= 0.6 is 0 Å². The number of anilines is 2. The molecule has 0 aliphatic carbocycles. The first-order valence-electron chi connectivity index (χ1n) is 5.15. The van der Waals surface area contributed by atoms with Gasteiger partial charge in [-0.2, -0.15) is 0 Å². The van der Waals surface area contributed by atoms with E-state index in [1.807, 2.05) is 18.7 Å². The highest BCUT2D eigenvalue weighted by Crippen LogP contribution is 2.24. The number of nitrogens with zero attached hydrogens (tertiary/aromatic N) is 3. The Bertz CT molecular complexity index is 417. The summed E-state index contributed by atoms with van der Waals surface area (Å²) in [5.41, 5.74) is 4.96. The van der Waals surface area contributed by atoms with Crippen LogP contribution in [0.2, 0.25) is 0 Å². The zero-order chi connectivity index (χ0) is 11.8. The highest BCUT2D eigenvalue weighted by Gasteiger charge is 2.38. The zero-order valence-corrected chi connectivity index (χ0v) is 9.40. The molecule has 1 fully saturated rings. The highest BCUT2D eigenvalue weighted by atomic mass is 16.2. The van der Waals surface area contributed by atoms with Gasteiger partial charge in [0.2, 0.25) is 5.91 Å². The van der Waals surface area contributed by atoms with Crippen LogP contribution in [0, 0.1) is 0 Å². The van der Waals surface area contributed by atoms with Crippen molar-refractivity contribution in [2.75, 3.05) is 23.7 Å². The molecular weight excluding hydrogens is 206 g/mol. The van der Waals surface area contributed by atoms with Crippen LogP contribution < -0.4 is 16.0 Å². The van der Waals surface area contributed by atoms with E-state index in [1.165, 1.54) is 6.20 Å². The lowest BCUT2D eigenvalue weighted by Gasteiger charge is -2.41. The fourth-order valence-corrected chi connectivity index (χ4v) is 1.80. The van der Waals surface area contributed by atoms with Gasteiger partial charge in [0.05, 0.1) is 12.4 Å². The highest BCUT2D eigenvalue weighted by molar-refractivity contribution is 5.90. The fourth-order valence-electron chi connectivity index (χ4n) is 1.80. The molecule has 0 saturated carbocycles. The van der Waals surface area contributed by atoms with Gasteiger partial charge in [-0.25, -0.2) is 4.98 Å². The van der Waals surface area contributed by atoms with Crippen LogP contribution in [0.15, 0.2) is 12.4 Å². The molecule has 6 heteroatoms. The number of nitrogens with one attached hydrogen (secondary N) is 1. The normalized spacial score (nSPS) is 19.4. The summed E-state index contributed by atoms with van der Waals surface area (Å²) in [5.74, 6) is 0.988. The quantitative estimate of drug-likeness (QED) is 0.684. The molecule has 1 aromatic heterocycles. The summed E-state index contributed by atoms with van der Waals surface area (Å²) in [6.07, 6.45) is 3.11. The molecular formula is C10H15N5O. The topological polar surface area (TPSA) is 84.1 Å². The first-order valence-corrected chi connectivity index (χ1v) is 5.15. The van der Waals surface area contributed by atoms with E-state index in [1.54, 1.807) is 6.20 Å². The minimum Gasteiger partial charge on any atom is -0.382 e. The maximum Gasteiger partial charge on any atom is 0.245 e. The second-order valence-corrected chi connectivity index (χ2v) is 4.27. The standard InChI is InChI=1S/C10H15N5O/c1-10(2)9(16)13-3-4-15(10)8-6-12-5-7(11)14-8/h5-6H,3-4H2,1-2H3,(H2,11,14)(H,13,16). The minimum atomic E-state index is -0.624. The lowest BCUT2D eigenvalue weighted by Crippen LogP contribution is -2.62. The van der Waals surface area contributed by atoms with Crippen molar-refractivity contribution in [1.82, 2.24) is 15.3 Å². The summed E-state index contributed by atoms with van der Waals surface area (Å²) in [6, 6.07) is 0. The van der Waals surface area contributed by atoms with Crippen molar-refractivity contribution in [3.8, 4) is 0 Å². The number of hydrogen-bond donors (Lipinski definition) is 2. The summed E-state index contributed by atoms with van der Waals surface area (Å²) >= 11 is 0. The van der Waals surface area contributed by atoms with Gasteiger partial charge in [0.25, 0.3) is 0 Å². The van der Waals surface area contributed by atoms with Crippen molar-refractivity contribution >= 4 is 17.5 Å². The van der Waals surface area contributed by atoms with Crippen molar-refractivity contribution in [2.45, 2.75) is 19.4 Å². The Morgan fingerprint density at radius 1 is 1.50 bits per heavy atom. The third-order valence-corrected chi connectivity index (χ3v) is 2.77. The maximum absolute atomic E-state index is 11.8. The average Bonchev–Trinajstić information content (AvgIpc) is 2.22. The number of carbonyl (C=O) groups excluding carboxylic acids is 1. The minimum absolute atomic E-state index is 0.0111. The van der Waals surface area contributed by atoms with Crippen molar-refractivity contribution in [3.63, 3.8) is 0 Å². The van der Waals surface area contributed by atoms with Gasteiger partial charge in [-0.15, -0.1) is 0 Å². The molecule has 2 rings (SSSR count). The van der Waals surface area contributed by atoms with E-state index in [0.717, 1.165) is 0 Å². The smallest absolute Gasteiger partial charge is 0.245 e. The van der Waals surface area contributed by atoms with E-state index in [-0.39, 0.29) is 5.91 Å². The molecule has 16 heavy (non-hydrogen) atoms. The second-order valence-electron chi connectivity index (χ2n) is 4.27. The van der Waals surface area contributed by atoms with Crippen LogP contribution in [0.3, 0.4) is 0 Å². The van der Waals surface area contributed by atoms with Crippen LogP contribution in [0.4, 0.5) is 11.6 Å². The number of nitrogen functional groups attached to an aromatic ring is 1. The van der Waals surface area contributed by atoms with E-state index in [9.17, 15) is 4.79 Å². The van der Waals surface area contributed by atoms with Gasteiger partial charge in [0.15, 0.2) is 0 Å². The molecule has 1 saturated heterocycles. The predicted octanol–water partition coefficient (Wildman–Crippen LogP) is -0.226. The van der Waals surface area contributed by atoms with E-state index in [0.29, 0.717) is 24.7 Å².